The lowest BCUT2D eigenvalue weighted by Gasteiger charge is -2.14. The summed E-state index contributed by atoms with van der Waals surface area (Å²) in [4.78, 5) is 12.8. The first kappa shape index (κ1) is 24.1. The standard InChI is InChI=1S/C25H28N2O5S/c1-16-6-7-17(2)21(12-16)27-33(29,30)24-14-20(10-8-18(24)3)25(28)26-15-19-9-11-22(31-4)23(13-19)32-5/h6-14,27H,15H2,1-5H3,(H,26,28). The summed E-state index contributed by atoms with van der Waals surface area (Å²) in [5, 5.41) is 2.82. The quantitative estimate of drug-likeness (QED) is 0.512. The van der Waals surface area contributed by atoms with E-state index >= 15 is 0 Å². The highest BCUT2D eigenvalue weighted by Gasteiger charge is 2.20. The maximum Gasteiger partial charge on any atom is 0.262 e. The SMILES string of the molecule is COc1ccc(CNC(=O)c2ccc(C)c(S(=O)(=O)Nc3cc(C)ccc3C)c2)cc1OC. The van der Waals surface area contributed by atoms with Gasteiger partial charge >= 0.3 is 0 Å². The number of rotatable bonds is 8. The molecule has 0 aliphatic rings. The Labute approximate surface area is 194 Å². The fourth-order valence-corrected chi connectivity index (χ4v) is 4.74. The topological polar surface area (TPSA) is 93.7 Å². The van der Waals surface area contributed by atoms with Crippen LogP contribution in [0.4, 0.5) is 5.69 Å². The number of hydrogen-bond acceptors (Lipinski definition) is 5. The summed E-state index contributed by atoms with van der Waals surface area (Å²) in [6, 6.07) is 15.5. The second kappa shape index (κ2) is 9.95. The van der Waals surface area contributed by atoms with Crippen LogP contribution in [0.3, 0.4) is 0 Å². The molecule has 0 aliphatic carbocycles. The molecule has 3 aromatic carbocycles. The minimum Gasteiger partial charge on any atom is -0.493 e. The first-order chi connectivity index (χ1) is 15.6. The van der Waals surface area contributed by atoms with E-state index in [1.807, 2.05) is 32.0 Å². The molecular formula is C25H28N2O5S. The van der Waals surface area contributed by atoms with Crippen molar-refractivity contribution in [2.45, 2.75) is 32.2 Å². The van der Waals surface area contributed by atoms with Crippen LogP contribution in [0.5, 0.6) is 11.5 Å². The molecule has 2 N–H and O–H groups in total. The summed E-state index contributed by atoms with van der Waals surface area (Å²) in [7, 11) is -0.788. The van der Waals surface area contributed by atoms with E-state index in [0.717, 1.165) is 16.7 Å². The van der Waals surface area contributed by atoms with Crippen molar-refractivity contribution in [3.8, 4) is 11.5 Å². The third-order valence-electron chi connectivity index (χ3n) is 5.28. The number of aryl methyl sites for hydroxylation is 3. The van der Waals surface area contributed by atoms with Gasteiger partial charge < -0.3 is 14.8 Å². The fourth-order valence-electron chi connectivity index (χ4n) is 3.35. The second-order valence-corrected chi connectivity index (χ2v) is 9.43. The summed E-state index contributed by atoms with van der Waals surface area (Å²) < 4.78 is 39.4. The number of sulfonamides is 1. The first-order valence-corrected chi connectivity index (χ1v) is 11.8. The number of hydrogen-bond donors (Lipinski definition) is 2. The molecule has 3 rings (SSSR count). The van der Waals surface area contributed by atoms with Crippen molar-refractivity contribution in [3.05, 3.63) is 82.4 Å². The molecule has 7 nitrogen and oxygen atoms in total. The zero-order valence-corrected chi connectivity index (χ0v) is 20.2. The van der Waals surface area contributed by atoms with E-state index in [9.17, 15) is 13.2 Å². The zero-order chi connectivity index (χ0) is 24.2. The highest BCUT2D eigenvalue weighted by Crippen LogP contribution is 2.28. The summed E-state index contributed by atoms with van der Waals surface area (Å²) in [5.74, 6) is 0.774. The third kappa shape index (κ3) is 5.64. The molecule has 0 saturated heterocycles. The number of carbonyl (C=O) groups excluding carboxylic acids is 1. The Morgan fingerprint density at radius 3 is 2.24 bits per heavy atom. The molecule has 0 atom stereocenters. The van der Waals surface area contributed by atoms with Gasteiger partial charge in [-0.15, -0.1) is 0 Å². The molecule has 8 heteroatoms. The molecule has 0 bridgehead atoms. The Bertz CT molecular complexity index is 1290. The first-order valence-electron chi connectivity index (χ1n) is 10.3. The van der Waals surface area contributed by atoms with Crippen molar-refractivity contribution in [1.82, 2.24) is 5.32 Å². The number of ether oxygens (including phenoxy) is 2. The van der Waals surface area contributed by atoms with Gasteiger partial charge in [0.25, 0.3) is 15.9 Å². The van der Waals surface area contributed by atoms with Crippen LogP contribution < -0.4 is 19.5 Å². The van der Waals surface area contributed by atoms with Gasteiger partial charge in [-0.1, -0.05) is 24.3 Å². The number of methoxy groups -OCH3 is 2. The molecule has 0 aliphatic heterocycles. The van der Waals surface area contributed by atoms with Crippen molar-refractivity contribution >= 4 is 21.6 Å². The van der Waals surface area contributed by atoms with E-state index in [2.05, 4.69) is 10.0 Å². The summed E-state index contributed by atoms with van der Waals surface area (Å²) >= 11 is 0. The predicted molar refractivity (Wildman–Crippen MR) is 129 cm³/mol. The predicted octanol–water partition coefficient (Wildman–Crippen LogP) is 4.36. The van der Waals surface area contributed by atoms with E-state index < -0.39 is 10.0 Å². The molecule has 0 radical (unpaired) electrons. The normalized spacial score (nSPS) is 11.1. The lowest BCUT2D eigenvalue weighted by atomic mass is 10.1. The lowest BCUT2D eigenvalue weighted by molar-refractivity contribution is 0.0950. The molecule has 1 amide bonds. The number of carbonyl (C=O) groups is 1. The van der Waals surface area contributed by atoms with Crippen LogP contribution in [0.2, 0.25) is 0 Å². The molecular weight excluding hydrogens is 440 g/mol. The van der Waals surface area contributed by atoms with Crippen molar-refractivity contribution in [2.75, 3.05) is 18.9 Å². The molecule has 0 heterocycles. The van der Waals surface area contributed by atoms with E-state index in [-0.39, 0.29) is 22.9 Å². The Hall–Kier alpha value is -3.52. The van der Waals surface area contributed by atoms with Gasteiger partial charge in [-0.05, 0) is 73.4 Å². The molecule has 0 unspecified atom stereocenters. The van der Waals surface area contributed by atoms with Gasteiger partial charge in [0, 0.05) is 12.1 Å². The maximum atomic E-state index is 13.1. The van der Waals surface area contributed by atoms with Crippen LogP contribution in [0.1, 0.15) is 32.6 Å². The van der Waals surface area contributed by atoms with Crippen LogP contribution in [0, 0.1) is 20.8 Å². The van der Waals surface area contributed by atoms with Gasteiger partial charge in [-0.3, -0.25) is 9.52 Å². The maximum absolute atomic E-state index is 13.1. The molecule has 0 spiro atoms. The van der Waals surface area contributed by atoms with Gasteiger partial charge in [0.2, 0.25) is 0 Å². The van der Waals surface area contributed by atoms with Gasteiger partial charge in [-0.2, -0.15) is 0 Å². The highest BCUT2D eigenvalue weighted by atomic mass is 32.2. The minimum absolute atomic E-state index is 0.0576. The molecule has 3 aromatic rings. The van der Waals surface area contributed by atoms with Crippen LogP contribution >= 0.6 is 0 Å². The Morgan fingerprint density at radius 2 is 1.55 bits per heavy atom. The largest absolute Gasteiger partial charge is 0.493 e. The van der Waals surface area contributed by atoms with Crippen molar-refractivity contribution in [3.63, 3.8) is 0 Å². The van der Waals surface area contributed by atoms with Gasteiger partial charge in [0.05, 0.1) is 24.8 Å². The van der Waals surface area contributed by atoms with Crippen molar-refractivity contribution in [1.29, 1.82) is 0 Å². The fraction of sp³-hybridized carbons (Fsp3) is 0.240. The number of nitrogens with one attached hydrogen (secondary N) is 2. The van der Waals surface area contributed by atoms with Crippen molar-refractivity contribution in [2.24, 2.45) is 0 Å². The summed E-state index contributed by atoms with van der Waals surface area (Å²) in [6.07, 6.45) is 0. The summed E-state index contributed by atoms with van der Waals surface area (Å²) in [5.41, 5.74) is 3.88. The zero-order valence-electron chi connectivity index (χ0n) is 19.4. The van der Waals surface area contributed by atoms with Crippen LogP contribution in [0.15, 0.2) is 59.5 Å². The van der Waals surface area contributed by atoms with Crippen LogP contribution in [-0.2, 0) is 16.6 Å². The average Bonchev–Trinajstić information content (AvgIpc) is 2.79. The van der Waals surface area contributed by atoms with E-state index in [0.29, 0.717) is 22.7 Å². The second-order valence-electron chi connectivity index (χ2n) is 7.78. The molecule has 174 valence electrons. The lowest BCUT2D eigenvalue weighted by Crippen LogP contribution is -2.23. The van der Waals surface area contributed by atoms with Crippen LogP contribution in [0.25, 0.3) is 0 Å². The highest BCUT2D eigenvalue weighted by molar-refractivity contribution is 7.92. The monoisotopic (exact) mass is 468 g/mol. The van der Waals surface area contributed by atoms with Gasteiger partial charge in [-0.25, -0.2) is 8.42 Å². The minimum atomic E-state index is -3.88. The van der Waals surface area contributed by atoms with E-state index in [1.165, 1.54) is 6.07 Å². The van der Waals surface area contributed by atoms with Crippen molar-refractivity contribution < 1.29 is 22.7 Å². The van der Waals surface area contributed by atoms with Gasteiger partial charge in [0.15, 0.2) is 11.5 Å². The van der Waals surface area contributed by atoms with E-state index in [1.54, 1.807) is 51.5 Å². The summed E-state index contributed by atoms with van der Waals surface area (Å²) in [6.45, 7) is 5.67. The average molecular weight is 469 g/mol. The Kier molecular flexibility index (Phi) is 7.28. The van der Waals surface area contributed by atoms with Gasteiger partial charge in [0.1, 0.15) is 0 Å². The number of benzene rings is 3. The van der Waals surface area contributed by atoms with E-state index in [4.69, 9.17) is 9.47 Å². The Morgan fingerprint density at radius 1 is 0.848 bits per heavy atom. The molecule has 0 saturated carbocycles. The molecule has 33 heavy (non-hydrogen) atoms. The molecule has 0 aromatic heterocycles. The Balaban J connectivity index is 1.80. The number of anilines is 1. The number of amides is 1. The smallest absolute Gasteiger partial charge is 0.262 e. The molecule has 0 fully saturated rings. The third-order valence-corrected chi connectivity index (χ3v) is 6.79. The van der Waals surface area contributed by atoms with Crippen LogP contribution in [-0.4, -0.2) is 28.5 Å².